The average Bonchev–Trinajstić information content (AvgIpc) is 3.56. The molecule has 3 unspecified atom stereocenters. The van der Waals surface area contributed by atoms with E-state index in [1.807, 2.05) is 0 Å². The zero-order valence-electron chi connectivity index (χ0n) is 32.0. The molecule has 2 aliphatic carbocycles. The third-order valence-corrected chi connectivity index (χ3v) is 12.5. The van der Waals surface area contributed by atoms with Crippen molar-refractivity contribution in [1.29, 1.82) is 0 Å². The van der Waals surface area contributed by atoms with E-state index in [1.165, 1.54) is 56.4 Å². The lowest BCUT2D eigenvalue weighted by Crippen LogP contribution is -2.37. The Balaban J connectivity index is 1.12. The second-order valence-electron chi connectivity index (χ2n) is 16.8. The molecule has 270 valence electrons. The van der Waals surface area contributed by atoms with Crippen LogP contribution in [0.25, 0.3) is 21.9 Å². The molecule has 2 heterocycles. The van der Waals surface area contributed by atoms with Crippen molar-refractivity contribution >= 4 is 33.8 Å². The summed E-state index contributed by atoms with van der Waals surface area (Å²) in [5.41, 5.74) is 12.7. The van der Waals surface area contributed by atoms with Gasteiger partial charge in [0.15, 0.2) is 6.17 Å². The van der Waals surface area contributed by atoms with Gasteiger partial charge in [0, 0.05) is 34.0 Å². The first-order chi connectivity index (χ1) is 26.8. The molecule has 0 aromatic heterocycles. The van der Waals surface area contributed by atoms with Gasteiger partial charge in [-0.2, -0.15) is 0 Å². The van der Waals surface area contributed by atoms with Gasteiger partial charge in [-0.15, -0.1) is 0 Å². The largest absolute Gasteiger partial charge is 0.333 e. The van der Waals surface area contributed by atoms with Crippen LogP contribution in [-0.4, -0.2) is 17.7 Å². The van der Waals surface area contributed by atoms with Crippen LogP contribution in [0.1, 0.15) is 86.0 Å². The van der Waals surface area contributed by atoms with Crippen LogP contribution in [0.3, 0.4) is 0 Å². The molecule has 4 nitrogen and oxygen atoms in total. The number of nitrogens with zero attached hydrogens (tertiary/aromatic N) is 3. The van der Waals surface area contributed by atoms with E-state index in [9.17, 15) is 0 Å². The molecule has 0 amide bonds. The summed E-state index contributed by atoms with van der Waals surface area (Å²) in [6.07, 6.45) is 11.1. The van der Waals surface area contributed by atoms with Gasteiger partial charge in [0.2, 0.25) is 0 Å². The van der Waals surface area contributed by atoms with Gasteiger partial charge in [-0.3, -0.25) is 0 Å². The third-order valence-electron chi connectivity index (χ3n) is 12.5. The zero-order chi connectivity index (χ0) is 37.3. The quantitative estimate of drug-likeness (QED) is 0.193. The van der Waals surface area contributed by atoms with Gasteiger partial charge >= 0.3 is 0 Å². The average molecular weight is 715 g/mol. The molecule has 6 aromatic carbocycles. The first-order valence-electron chi connectivity index (χ1n) is 19.7. The number of allylic oxidation sites excluding steroid dienone is 2. The minimum absolute atomic E-state index is 0.0429. The minimum atomic E-state index is -0.449. The van der Waals surface area contributed by atoms with Crippen LogP contribution >= 0.6 is 0 Å². The molecule has 0 spiro atoms. The fourth-order valence-corrected chi connectivity index (χ4v) is 9.52. The van der Waals surface area contributed by atoms with Gasteiger partial charge in [0.25, 0.3) is 0 Å². The smallest absolute Gasteiger partial charge is 0.171 e. The molecule has 55 heavy (non-hydrogen) atoms. The highest BCUT2D eigenvalue weighted by Crippen LogP contribution is 2.58. The highest BCUT2D eigenvalue weighted by Gasteiger charge is 2.47. The number of fused-ring (bicyclic) bond motifs is 6. The van der Waals surface area contributed by atoms with Crippen molar-refractivity contribution < 1.29 is 0 Å². The molecule has 10 rings (SSSR count). The number of benzene rings is 6. The third kappa shape index (κ3) is 5.57. The molecule has 3 atom stereocenters. The van der Waals surface area contributed by atoms with E-state index in [0.29, 0.717) is 0 Å². The van der Waals surface area contributed by atoms with Crippen LogP contribution in [0.4, 0.5) is 11.4 Å². The van der Waals surface area contributed by atoms with Crippen molar-refractivity contribution in [1.82, 2.24) is 5.32 Å². The highest BCUT2D eigenvalue weighted by atomic mass is 15.2. The van der Waals surface area contributed by atoms with E-state index in [0.717, 1.165) is 34.8 Å². The lowest BCUT2D eigenvalue weighted by Gasteiger charge is -2.44. The second kappa shape index (κ2) is 12.8. The molecule has 0 saturated heterocycles. The Kier molecular flexibility index (Phi) is 7.81. The van der Waals surface area contributed by atoms with E-state index in [-0.39, 0.29) is 22.8 Å². The molecule has 4 heteroatoms. The van der Waals surface area contributed by atoms with E-state index in [1.54, 1.807) is 0 Å². The molecule has 6 aromatic rings. The summed E-state index contributed by atoms with van der Waals surface area (Å²) in [7, 11) is 0. The maximum Gasteiger partial charge on any atom is 0.171 e. The van der Waals surface area contributed by atoms with Crippen LogP contribution in [0.5, 0.6) is 0 Å². The molecule has 4 aliphatic rings. The molecular weight excluding hydrogens is 669 g/mol. The molecule has 0 saturated carbocycles. The SMILES string of the molecule is CC1(C)CCC(C)(C)c2c1ccc1c2N(c2ccccc2C2N=C(c3ccccc3)NC(c3ccc(-c4cccc5ccccc45)cc3)=N2)C2C=CC=CC12. The lowest BCUT2D eigenvalue weighted by molar-refractivity contribution is 0.332. The zero-order valence-corrected chi connectivity index (χ0v) is 32.0. The Morgan fingerprint density at radius 3 is 2.05 bits per heavy atom. The Labute approximate surface area is 324 Å². The van der Waals surface area contributed by atoms with Crippen molar-refractivity contribution in [2.45, 2.75) is 69.5 Å². The normalized spacial score (nSPS) is 21.6. The summed E-state index contributed by atoms with van der Waals surface area (Å²) >= 11 is 0. The number of anilines is 2. The maximum absolute atomic E-state index is 5.44. The van der Waals surface area contributed by atoms with Crippen molar-refractivity contribution in [3.05, 3.63) is 191 Å². The standard InChI is InChI=1S/C51H46N4/c1-50(2)31-32-51(3,4)45-42(50)30-29-40-39-20-10-12-23-43(39)55(46(40)45)44-24-13-11-21-41(44)49-53-47(35-16-6-5-7-17-35)52-48(54-49)36-27-25-34(26-28-36)38-22-14-18-33-15-8-9-19-37(33)38/h5-30,39,43,49H,31-32H2,1-4H3,(H,52,53,54). The number of hydrogen-bond donors (Lipinski definition) is 1. The minimum Gasteiger partial charge on any atom is -0.333 e. The van der Waals surface area contributed by atoms with Gasteiger partial charge in [0.1, 0.15) is 11.7 Å². The van der Waals surface area contributed by atoms with E-state index in [4.69, 9.17) is 9.98 Å². The summed E-state index contributed by atoms with van der Waals surface area (Å²) < 4.78 is 0. The Bertz CT molecular complexity index is 2580. The highest BCUT2D eigenvalue weighted by molar-refractivity contribution is 6.16. The number of rotatable bonds is 5. The lowest BCUT2D eigenvalue weighted by atomic mass is 9.62. The van der Waals surface area contributed by atoms with Gasteiger partial charge in [-0.1, -0.05) is 179 Å². The molecule has 0 radical (unpaired) electrons. The van der Waals surface area contributed by atoms with Crippen LogP contribution in [0.2, 0.25) is 0 Å². The van der Waals surface area contributed by atoms with Crippen LogP contribution in [0, 0.1) is 0 Å². The summed E-state index contributed by atoms with van der Waals surface area (Å²) in [4.78, 5) is 13.5. The molecule has 0 bridgehead atoms. The van der Waals surface area contributed by atoms with Gasteiger partial charge < -0.3 is 10.2 Å². The van der Waals surface area contributed by atoms with Crippen molar-refractivity contribution in [2.75, 3.05) is 4.90 Å². The number of nitrogens with one attached hydrogen (secondary N) is 1. The monoisotopic (exact) mass is 714 g/mol. The Hall–Kier alpha value is -6.00. The van der Waals surface area contributed by atoms with E-state index in [2.05, 4.69) is 196 Å². The summed E-state index contributed by atoms with van der Waals surface area (Å²) in [6, 6.07) is 48.3. The first kappa shape index (κ1) is 33.6. The topological polar surface area (TPSA) is 40.0 Å². The van der Waals surface area contributed by atoms with E-state index >= 15 is 0 Å². The number of hydrogen-bond acceptors (Lipinski definition) is 4. The number of amidine groups is 2. The molecule has 1 N–H and O–H groups in total. The molecular formula is C51H46N4. The summed E-state index contributed by atoms with van der Waals surface area (Å²) in [5, 5.41) is 6.15. The number of para-hydroxylation sites is 1. The summed E-state index contributed by atoms with van der Waals surface area (Å²) in [5.74, 6) is 1.91. The fourth-order valence-electron chi connectivity index (χ4n) is 9.52. The number of aliphatic imine (C=N–C) groups is 2. The Morgan fingerprint density at radius 1 is 0.582 bits per heavy atom. The van der Waals surface area contributed by atoms with Gasteiger partial charge in [-0.05, 0) is 68.3 Å². The second-order valence-corrected chi connectivity index (χ2v) is 16.8. The van der Waals surface area contributed by atoms with Crippen LogP contribution in [-0.2, 0) is 10.8 Å². The van der Waals surface area contributed by atoms with Gasteiger partial charge in [0.05, 0.1) is 6.04 Å². The predicted molar refractivity (Wildman–Crippen MR) is 230 cm³/mol. The Morgan fingerprint density at radius 2 is 1.24 bits per heavy atom. The summed E-state index contributed by atoms with van der Waals surface area (Å²) in [6.45, 7) is 9.75. The molecule has 0 fully saturated rings. The van der Waals surface area contributed by atoms with Crippen LogP contribution < -0.4 is 10.2 Å². The van der Waals surface area contributed by atoms with Gasteiger partial charge in [-0.25, -0.2) is 9.98 Å². The van der Waals surface area contributed by atoms with Crippen molar-refractivity contribution in [3.63, 3.8) is 0 Å². The van der Waals surface area contributed by atoms with Crippen molar-refractivity contribution in [3.8, 4) is 11.1 Å². The van der Waals surface area contributed by atoms with Crippen LogP contribution in [0.15, 0.2) is 168 Å². The van der Waals surface area contributed by atoms with Crippen molar-refractivity contribution in [2.24, 2.45) is 9.98 Å². The predicted octanol–water partition coefficient (Wildman–Crippen LogP) is 12.1. The fraction of sp³-hybridized carbons (Fsp3) is 0.216. The molecule has 2 aliphatic heterocycles. The van der Waals surface area contributed by atoms with E-state index < -0.39 is 6.17 Å². The maximum atomic E-state index is 5.44. The first-order valence-corrected chi connectivity index (χ1v) is 19.7.